The summed E-state index contributed by atoms with van der Waals surface area (Å²) < 4.78 is 20.4. The minimum atomic E-state index is -1.99. The highest BCUT2D eigenvalue weighted by atomic mass is 35.5. The second kappa shape index (κ2) is 5.90. The highest BCUT2D eigenvalue weighted by Crippen LogP contribution is 2.26. The zero-order chi connectivity index (χ0) is 8.85. The second-order valence-electron chi connectivity index (χ2n) is 2.45. The van der Waals surface area contributed by atoms with Crippen LogP contribution in [0.25, 0.3) is 0 Å². The predicted octanol–water partition coefficient (Wildman–Crippen LogP) is 2.71. The lowest BCUT2D eigenvalue weighted by atomic mass is 10.5. The van der Waals surface area contributed by atoms with Crippen LogP contribution >= 0.6 is 19.9 Å². The molecule has 0 saturated heterocycles. The first-order valence-electron chi connectivity index (χ1n) is 3.43. The van der Waals surface area contributed by atoms with Crippen LogP contribution in [0.2, 0.25) is 0 Å². The Balaban J connectivity index is 3.38. The van der Waals surface area contributed by atoms with Crippen LogP contribution < -0.4 is 0 Å². The minimum absolute atomic E-state index is 0.0794. The summed E-state index contributed by atoms with van der Waals surface area (Å²) in [7, 11) is -1.99. The minimum Gasteiger partial charge on any atom is -0.121 e. The van der Waals surface area contributed by atoms with Crippen LogP contribution in [0.1, 0.15) is 20.8 Å². The molecular weight excluding hydrogens is 186 g/mol. The third-order valence-corrected chi connectivity index (χ3v) is 1.79. The van der Waals surface area contributed by atoms with Gasteiger partial charge in [-0.3, -0.25) is 0 Å². The molecule has 5 heteroatoms. The topological polar surface area (TPSA) is 35.5 Å². The van der Waals surface area contributed by atoms with E-state index in [2.05, 4.69) is 0 Å². The third-order valence-electron chi connectivity index (χ3n) is 0.706. The lowest BCUT2D eigenvalue weighted by molar-refractivity contribution is 0.188. The summed E-state index contributed by atoms with van der Waals surface area (Å²) in [6.07, 6.45) is -0.0794. The fraction of sp³-hybridized carbons (Fsp3) is 1.00. The van der Waals surface area contributed by atoms with E-state index in [1.165, 1.54) is 0 Å². The standard InChI is InChI=1S/C6H13ClO3P/c1-5(2)10-11(8)9-4-6(3)7/h5-6H,4H2,1-3H3/q+1. The summed E-state index contributed by atoms with van der Waals surface area (Å²) in [5, 5.41) is -0.135. The van der Waals surface area contributed by atoms with Crippen molar-refractivity contribution in [3.8, 4) is 0 Å². The van der Waals surface area contributed by atoms with Gasteiger partial charge in [0, 0.05) is 4.57 Å². The fourth-order valence-corrected chi connectivity index (χ4v) is 1.27. The molecule has 0 fully saturated rings. The maximum absolute atomic E-state index is 10.8. The summed E-state index contributed by atoms with van der Waals surface area (Å²) in [4.78, 5) is 0. The zero-order valence-electron chi connectivity index (χ0n) is 6.91. The largest absolute Gasteiger partial charge is 0.697 e. The summed E-state index contributed by atoms with van der Waals surface area (Å²) in [5.41, 5.74) is 0. The molecule has 0 aromatic carbocycles. The average molecular weight is 200 g/mol. The van der Waals surface area contributed by atoms with Crippen LogP contribution in [0, 0.1) is 0 Å². The van der Waals surface area contributed by atoms with Crippen LogP contribution in [-0.4, -0.2) is 18.1 Å². The Bertz CT molecular complexity index is 127. The second-order valence-corrected chi connectivity index (χ2v) is 4.12. The van der Waals surface area contributed by atoms with Crippen molar-refractivity contribution in [2.45, 2.75) is 32.3 Å². The Hall–Kier alpha value is 0.310. The molecule has 0 bridgehead atoms. The first-order valence-corrected chi connectivity index (χ1v) is 4.96. The Morgan fingerprint density at radius 2 is 2.00 bits per heavy atom. The van der Waals surface area contributed by atoms with E-state index in [-0.39, 0.29) is 18.1 Å². The number of halogens is 1. The normalized spacial score (nSPS) is 15.2. The first kappa shape index (κ1) is 11.3. The van der Waals surface area contributed by atoms with Crippen LogP contribution in [-0.2, 0) is 13.6 Å². The Morgan fingerprint density at radius 3 is 2.36 bits per heavy atom. The van der Waals surface area contributed by atoms with Crippen LogP contribution in [0.4, 0.5) is 0 Å². The van der Waals surface area contributed by atoms with Gasteiger partial charge < -0.3 is 0 Å². The van der Waals surface area contributed by atoms with E-state index in [1.807, 2.05) is 0 Å². The van der Waals surface area contributed by atoms with Crippen LogP contribution in [0.3, 0.4) is 0 Å². The van der Waals surface area contributed by atoms with E-state index in [9.17, 15) is 4.57 Å². The summed E-state index contributed by atoms with van der Waals surface area (Å²) in [6.45, 7) is 5.60. The lowest BCUT2D eigenvalue weighted by Gasteiger charge is -1.95. The van der Waals surface area contributed by atoms with Crippen molar-refractivity contribution in [3.63, 3.8) is 0 Å². The Labute approximate surface area is 73.0 Å². The lowest BCUT2D eigenvalue weighted by Crippen LogP contribution is -2.02. The van der Waals surface area contributed by atoms with Crippen molar-refractivity contribution >= 4 is 19.9 Å². The van der Waals surface area contributed by atoms with Crippen LogP contribution in [0.15, 0.2) is 0 Å². The Kier molecular flexibility index (Phi) is 6.06. The molecule has 0 radical (unpaired) electrons. The molecule has 0 aromatic rings. The molecule has 0 aliphatic rings. The van der Waals surface area contributed by atoms with E-state index in [0.29, 0.717) is 0 Å². The molecule has 0 saturated carbocycles. The van der Waals surface area contributed by atoms with Gasteiger partial charge in [-0.25, -0.2) is 0 Å². The van der Waals surface area contributed by atoms with Gasteiger partial charge in [0.05, 0.1) is 5.38 Å². The van der Waals surface area contributed by atoms with Crippen molar-refractivity contribution in [1.29, 1.82) is 0 Å². The molecule has 0 aliphatic carbocycles. The van der Waals surface area contributed by atoms with Gasteiger partial charge in [-0.1, -0.05) is 0 Å². The predicted molar refractivity (Wildman–Crippen MR) is 45.1 cm³/mol. The van der Waals surface area contributed by atoms with Gasteiger partial charge in [-0.2, -0.15) is 0 Å². The van der Waals surface area contributed by atoms with Crippen molar-refractivity contribution < 1.29 is 13.6 Å². The number of hydrogen-bond acceptors (Lipinski definition) is 3. The number of rotatable bonds is 5. The zero-order valence-corrected chi connectivity index (χ0v) is 8.56. The average Bonchev–Trinajstić information content (AvgIpc) is 1.82. The molecular formula is C6H13ClO3P+. The van der Waals surface area contributed by atoms with Gasteiger partial charge in [-0.15, -0.1) is 20.6 Å². The molecule has 66 valence electrons. The number of alkyl halides is 1. The summed E-state index contributed by atoms with van der Waals surface area (Å²) in [6, 6.07) is 0. The highest BCUT2D eigenvalue weighted by Gasteiger charge is 2.22. The first-order chi connectivity index (χ1) is 5.02. The Morgan fingerprint density at radius 1 is 1.45 bits per heavy atom. The maximum Gasteiger partial charge on any atom is 0.697 e. The molecule has 0 aromatic heterocycles. The van der Waals surface area contributed by atoms with Gasteiger partial charge in [0.1, 0.15) is 12.7 Å². The molecule has 0 amide bonds. The molecule has 2 atom stereocenters. The number of hydrogen-bond donors (Lipinski definition) is 0. The molecule has 0 spiro atoms. The quantitative estimate of drug-likeness (QED) is 0.505. The van der Waals surface area contributed by atoms with Crippen LogP contribution in [0.5, 0.6) is 0 Å². The van der Waals surface area contributed by atoms with E-state index in [1.54, 1.807) is 20.8 Å². The van der Waals surface area contributed by atoms with Gasteiger partial charge in [0.25, 0.3) is 0 Å². The molecule has 0 rings (SSSR count). The highest BCUT2D eigenvalue weighted by molar-refractivity contribution is 7.33. The fourth-order valence-electron chi connectivity index (χ4n) is 0.366. The van der Waals surface area contributed by atoms with Gasteiger partial charge >= 0.3 is 8.25 Å². The van der Waals surface area contributed by atoms with Crippen molar-refractivity contribution in [1.82, 2.24) is 0 Å². The molecule has 11 heavy (non-hydrogen) atoms. The van der Waals surface area contributed by atoms with E-state index in [0.717, 1.165) is 0 Å². The van der Waals surface area contributed by atoms with Gasteiger partial charge in [0.2, 0.25) is 0 Å². The monoisotopic (exact) mass is 199 g/mol. The maximum atomic E-state index is 10.8. The van der Waals surface area contributed by atoms with Crippen molar-refractivity contribution in [3.05, 3.63) is 0 Å². The third kappa shape index (κ3) is 8.21. The van der Waals surface area contributed by atoms with Gasteiger partial charge in [0.15, 0.2) is 0 Å². The summed E-state index contributed by atoms with van der Waals surface area (Å²) in [5.74, 6) is 0. The van der Waals surface area contributed by atoms with Crippen molar-refractivity contribution in [2.75, 3.05) is 6.61 Å². The van der Waals surface area contributed by atoms with Crippen molar-refractivity contribution in [2.24, 2.45) is 0 Å². The molecule has 0 N–H and O–H groups in total. The van der Waals surface area contributed by atoms with E-state index < -0.39 is 8.25 Å². The van der Waals surface area contributed by atoms with E-state index >= 15 is 0 Å². The molecule has 0 aliphatic heterocycles. The summed E-state index contributed by atoms with van der Waals surface area (Å²) >= 11 is 5.55. The molecule has 3 nitrogen and oxygen atoms in total. The smallest absolute Gasteiger partial charge is 0.121 e. The SMILES string of the molecule is CC(Cl)CO[P+](=O)OC(C)C. The molecule has 0 heterocycles. The van der Waals surface area contributed by atoms with E-state index in [4.69, 9.17) is 20.6 Å². The van der Waals surface area contributed by atoms with Gasteiger partial charge in [-0.05, 0) is 20.8 Å². The molecule has 2 unspecified atom stereocenters.